The van der Waals surface area contributed by atoms with Crippen molar-refractivity contribution in [2.24, 2.45) is 4.99 Å². The fraction of sp³-hybridized carbons (Fsp3) is 0.364. The summed E-state index contributed by atoms with van der Waals surface area (Å²) in [5, 5.41) is 6.26. The van der Waals surface area contributed by atoms with Gasteiger partial charge in [-0.15, -0.1) is 0 Å². The highest BCUT2D eigenvalue weighted by Crippen LogP contribution is 2.23. The summed E-state index contributed by atoms with van der Waals surface area (Å²) >= 11 is 0. The molecule has 0 radical (unpaired) electrons. The number of alkyl halides is 2. The Hall–Kier alpha value is -3.16. The van der Waals surface area contributed by atoms with Gasteiger partial charge < -0.3 is 20.3 Å². The van der Waals surface area contributed by atoms with Crippen LogP contribution in [0.4, 0.5) is 8.78 Å². The van der Waals surface area contributed by atoms with Crippen LogP contribution in [0.15, 0.2) is 53.5 Å². The molecule has 0 bridgehead atoms. The van der Waals surface area contributed by atoms with Crippen molar-refractivity contribution in [3.8, 4) is 5.75 Å². The Morgan fingerprint density at radius 2 is 1.87 bits per heavy atom. The number of hydrogen-bond donors (Lipinski definition) is 2. The molecule has 1 amide bonds. The van der Waals surface area contributed by atoms with E-state index in [2.05, 4.69) is 20.4 Å². The van der Waals surface area contributed by atoms with E-state index in [4.69, 9.17) is 0 Å². The van der Waals surface area contributed by atoms with Crippen LogP contribution in [0, 0.1) is 6.92 Å². The molecule has 0 aliphatic rings. The number of likely N-dealkylation sites (N-methyl/N-ethyl adjacent to an activating group) is 1. The Labute approximate surface area is 175 Å². The van der Waals surface area contributed by atoms with Gasteiger partial charge in [-0.3, -0.25) is 4.79 Å². The molecule has 6 nitrogen and oxygen atoms in total. The zero-order valence-corrected chi connectivity index (χ0v) is 17.7. The van der Waals surface area contributed by atoms with Crippen LogP contribution < -0.4 is 15.4 Å². The molecule has 2 rings (SSSR count). The predicted molar refractivity (Wildman–Crippen MR) is 114 cm³/mol. The lowest BCUT2D eigenvalue weighted by Crippen LogP contribution is -2.43. The van der Waals surface area contributed by atoms with Crippen LogP contribution in [0.3, 0.4) is 0 Å². The molecule has 0 aromatic heterocycles. The Bertz CT molecular complexity index is 857. The minimum atomic E-state index is -2.91. The zero-order valence-electron chi connectivity index (χ0n) is 17.7. The lowest BCUT2D eigenvalue weighted by Gasteiger charge is -2.20. The summed E-state index contributed by atoms with van der Waals surface area (Å²) in [6.45, 7) is 1.08. The fourth-order valence-electron chi connectivity index (χ4n) is 2.71. The number of carbonyl (C=O) groups is 1. The highest BCUT2D eigenvalue weighted by molar-refractivity contribution is 5.86. The Balaban J connectivity index is 2.21. The molecule has 0 aliphatic heterocycles. The van der Waals surface area contributed by atoms with E-state index in [0.717, 1.165) is 11.1 Å². The van der Waals surface area contributed by atoms with E-state index in [1.54, 1.807) is 26.2 Å². The van der Waals surface area contributed by atoms with Crippen molar-refractivity contribution in [3.05, 3.63) is 65.2 Å². The molecule has 0 saturated heterocycles. The van der Waals surface area contributed by atoms with Gasteiger partial charge in [0.05, 0.1) is 19.1 Å². The molecule has 0 saturated carbocycles. The third-order valence-electron chi connectivity index (χ3n) is 4.40. The normalized spacial score (nSPS) is 12.4. The van der Waals surface area contributed by atoms with Crippen LogP contribution in [0.2, 0.25) is 0 Å². The zero-order chi connectivity index (χ0) is 22.1. The fourth-order valence-corrected chi connectivity index (χ4v) is 2.71. The second-order valence-corrected chi connectivity index (χ2v) is 7.07. The third-order valence-corrected chi connectivity index (χ3v) is 4.40. The molecule has 8 heteroatoms. The monoisotopic (exact) mass is 418 g/mol. The predicted octanol–water partition coefficient (Wildman–Crippen LogP) is 3.48. The molecule has 2 aromatic rings. The van der Waals surface area contributed by atoms with E-state index in [-0.39, 0.29) is 30.8 Å². The first-order valence-corrected chi connectivity index (χ1v) is 9.60. The SMILES string of the molecule is Cc1ccc(OC(F)F)c(CN=C(NCC(=O)N(C)C)NC(C)c2ccccc2)c1. The average molecular weight is 418 g/mol. The van der Waals surface area contributed by atoms with E-state index in [1.807, 2.05) is 44.2 Å². The molecule has 30 heavy (non-hydrogen) atoms. The largest absolute Gasteiger partial charge is 0.434 e. The first kappa shape index (κ1) is 23.1. The van der Waals surface area contributed by atoms with E-state index in [9.17, 15) is 13.6 Å². The maximum absolute atomic E-state index is 12.7. The van der Waals surface area contributed by atoms with Crippen molar-refractivity contribution in [2.75, 3.05) is 20.6 Å². The number of nitrogens with one attached hydrogen (secondary N) is 2. The van der Waals surface area contributed by atoms with Gasteiger partial charge in [-0.1, -0.05) is 48.0 Å². The van der Waals surface area contributed by atoms with E-state index >= 15 is 0 Å². The molecule has 0 spiro atoms. The van der Waals surface area contributed by atoms with Crippen molar-refractivity contribution in [3.63, 3.8) is 0 Å². The summed E-state index contributed by atoms with van der Waals surface area (Å²) in [5.74, 6) is 0.361. The number of aliphatic imine (C=N–C) groups is 1. The van der Waals surface area contributed by atoms with Crippen LogP contribution in [-0.2, 0) is 11.3 Å². The lowest BCUT2D eigenvalue weighted by molar-refractivity contribution is -0.127. The topological polar surface area (TPSA) is 66.0 Å². The summed E-state index contributed by atoms with van der Waals surface area (Å²) in [7, 11) is 3.34. The average Bonchev–Trinajstić information content (AvgIpc) is 2.71. The second kappa shape index (κ2) is 11.1. The van der Waals surface area contributed by atoms with Gasteiger partial charge in [-0.05, 0) is 25.5 Å². The lowest BCUT2D eigenvalue weighted by atomic mass is 10.1. The number of rotatable bonds is 8. The molecule has 162 valence electrons. The van der Waals surface area contributed by atoms with Crippen LogP contribution in [0.25, 0.3) is 0 Å². The maximum Gasteiger partial charge on any atom is 0.387 e. The van der Waals surface area contributed by atoms with Crippen molar-refractivity contribution < 1.29 is 18.3 Å². The van der Waals surface area contributed by atoms with Crippen LogP contribution in [0.1, 0.15) is 29.7 Å². The number of ether oxygens (including phenoxy) is 1. The number of aryl methyl sites for hydroxylation is 1. The Kier molecular flexibility index (Phi) is 8.58. The quantitative estimate of drug-likeness (QED) is 0.509. The van der Waals surface area contributed by atoms with Gasteiger partial charge >= 0.3 is 6.61 Å². The molecular formula is C22H28F2N4O2. The van der Waals surface area contributed by atoms with Crippen molar-refractivity contribution in [1.29, 1.82) is 0 Å². The summed E-state index contributed by atoms with van der Waals surface area (Å²) < 4.78 is 30.0. The van der Waals surface area contributed by atoms with Crippen LogP contribution in [0.5, 0.6) is 5.75 Å². The minimum absolute atomic E-state index is 0.0502. The molecule has 0 aliphatic carbocycles. The van der Waals surface area contributed by atoms with Gasteiger partial charge in [0.1, 0.15) is 5.75 Å². The smallest absolute Gasteiger partial charge is 0.387 e. The van der Waals surface area contributed by atoms with Gasteiger partial charge in [0.15, 0.2) is 5.96 Å². The minimum Gasteiger partial charge on any atom is -0.434 e. The number of hydrogen-bond acceptors (Lipinski definition) is 3. The first-order chi connectivity index (χ1) is 14.3. The van der Waals surface area contributed by atoms with Crippen molar-refractivity contribution in [2.45, 2.75) is 33.0 Å². The Morgan fingerprint density at radius 3 is 2.50 bits per heavy atom. The van der Waals surface area contributed by atoms with Crippen LogP contribution >= 0.6 is 0 Å². The summed E-state index contributed by atoms with van der Waals surface area (Å²) in [4.78, 5) is 17.9. The van der Waals surface area contributed by atoms with E-state index in [0.29, 0.717) is 11.5 Å². The molecule has 2 N–H and O–H groups in total. The number of carbonyl (C=O) groups excluding carboxylic acids is 1. The van der Waals surface area contributed by atoms with Gasteiger partial charge in [0, 0.05) is 19.7 Å². The van der Waals surface area contributed by atoms with Gasteiger partial charge in [-0.2, -0.15) is 8.78 Å². The van der Waals surface area contributed by atoms with Crippen molar-refractivity contribution in [1.82, 2.24) is 15.5 Å². The first-order valence-electron chi connectivity index (χ1n) is 9.60. The molecule has 1 atom stereocenters. The standard InChI is InChI=1S/C22H28F2N4O2/c1-15-10-11-19(30-21(23)24)18(12-15)13-25-22(26-14-20(29)28(3)4)27-16(2)17-8-6-5-7-9-17/h5-12,16,21H,13-14H2,1-4H3,(H2,25,26,27). The number of nitrogens with zero attached hydrogens (tertiary/aromatic N) is 2. The summed E-state index contributed by atoms with van der Waals surface area (Å²) in [5.41, 5.74) is 2.48. The molecule has 2 aromatic carbocycles. The highest BCUT2D eigenvalue weighted by atomic mass is 19.3. The molecule has 0 heterocycles. The van der Waals surface area contributed by atoms with E-state index < -0.39 is 6.61 Å². The number of amides is 1. The van der Waals surface area contributed by atoms with Crippen LogP contribution in [-0.4, -0.2) is 44.0 Å². The second-order valence-electron chi connectivity index (χ2n) is 7.07. The van der Waals surface area contributed by atoms with Gasteiger partial charge in [-0.25, -0.2) is 4.99 Å². The maximum atomic E-state index is 12.7. The van der Waals surface area contributed by atoms with Crippen molar-refractivity contribution >= 4 is 11.9 Å². The highest BCUT2D eigenvalue weighted by Gasteiger charge is 2.13. The number of benzene rings is 2. The number of halogens is 2. The summed E-state index contributed by atoms with van der Waals surface area (Å²) in [6, 6.07) is 14.7. The number of guanidine groups is 1. The molecule has 1 unspecified atom stereocenters. The Morgan fingerprint density at radius 1 is 1.17 bits per heavy atom. The summed E-state index contributed by atoms with van der Waals surface area (Å²) in [6.07, 6.45) is 0. The molecule has 0 fully saturated rings. The van der Waals surface area contributed by atoms with Gasteiger partial charge in [0.25, 0.3) is 0 Å². The van der Waals surface area contributed by atoms with Gasteiger partial charge in [0.2, 0.25) is 5.91 Å². The molecular weight excluding hydrogens is 390 g/mol. The van der Waals surface area contributed by atoms with E-state index in [1.165, 1.54) is 11.0 Å². The third kappa shape index (κ3) is 7.35.